The van der Waals surface area contributed by atoms with Gasteiger partial charge in [-0.3, -0.25) is 0 Å². The lowest BCUT2D eigenvalue weighted by atomic mass is 9.96. The molecule has 0 aliphatic heterocycles. The van der Waals surface area contributed by atoms with Gasteiger partial charge in [0.15, 0.2) is 0 Å². The molecule has 1 unspecified atom stereocenters. The smallest absolute Gasteiger partial charge is 0.315 e. The summed E-state index contributed by atoms with van der Waals surface area (Å²) in [5.41, 5.74) is 7.21. The zero-order valence-electron chi connectivity index (χ0n) is 12.0. The number of amides is 2. The van der Waals surface area contributed by atoms with Gasteiger partial charge in [-0.05, 0) is 24.8 Å². The van der Waals surface area contributed by atoms with Crippen LogP contribution in [0.3, 0.4) is 0 Å². The second-order valence-electron chi connectivity index (χ2n) is 5.54. The number of nitrogens with one attached hydrogen (secondary N) is 2. The minimum Gasteiger partial charge on any atom is -0.338 e. The molecule has 1 saturated carbocycles. The predicted octanol–water partition coefficient (Wildman–Crippen LogP) is 2.71. The zero-order chi connectivity index (χ0) is 14.2. The van der Waals surface area contributed by atoms with Crippen LogP contribution in [0.4, 0.5) is 4.79 Å². The van der Waals surface area contributed by atoms with E-state index < -0.39 is 0 Å². The summed E-state index contributed by atoms with van der Waals surface area (Å²) in [4.78, 5) is 11.8. The van der Waals surface area contributed by atoms with Crippen LogP contribution in [-0.2, 0) is 0 Å². The van der Waals surface area contributed by atoms with Gasteiger partial charge in [-0.15, -0.1) is 0 Å². The van der Waals surface area contributed by atoms with Crippen molar-refractivity contribution in [2.24, 2.45) is 5.73 Å². The molecule has 1 atom stereocenters. The van der Waals surface area contributed by atoms with Crippen LogP contribution in [0, 0.1) is 0 Å². The summed E-state index contributed by atoms with van der Waals surface area (Å²) in [6.07, 6.45) is 6.72. The Balaban J connectivity index is 1.63. The minimum atomic E-state index is -0.0582. The van der Waals surface area contributed by atoms with Gasteiger partial charge in [0.1, 0.15) is 0 Å². The van der Waals surface area contributed by atoms with Crippen molar-refractivity contribution >= 4 is 6.03 Å². The molecule has 0 aromatic heterocycles. The maximum atomic E-state index is 11.8. The summed E-state index contributed by atoms with van der Waals surface area (Å²) in [5.74, 6) is 0. The Morgan fingerprint density at radius 2 is 1.90 bits per heavy atom. The highest BCUT2D eigenvalue weighted by atomic mass is 16.2. The summed E-state index contributed by atoms with van der Waals surface area (Å²) >= 11 is 0. The Hall–Kier alpha value is -1.55. The van der Waals surface area contributed by atoms with E-state index in [-0.39, 0.29) is 12.1 Å². The maximum absolute atomic E-state index is 11.8. The van der Waals surface area contributed by atoms with Gasteiger partial charge in [0.25, 0.3) is 0 Å². The van der Waals surface area contributed by atoms with Gasteiger partial charge in [-0.1, -0.05) is 49.6 Å². The van der Waals surface area contributed by atoms with Crippen molar-refractivity contribution in [2.75, 3.05) is 6.54 Å². The Labute approximate surface area is 121 Å². The lowest BCUT2D eigenvalue weighted by Gasteiger charge is -2.23. The third-order valence-electron chi connectivity index (χ3n) is 3.91. The first kappa shape index (κ1) is 14.9. The summed E-state index contributed by atoms with van der Waals surface area (Å²) in [6, 6.07) is 10.3. The Kier molecular flexibility index (Phi) is 5.87. The highest BCUT2D eigenvalue weighted by Gasteiger charge is 2.15. The predicted molar refractivity (Wildman–Crippen MR) is 81.4 cm³/mol. The van der Waals surface area contributed by atoms with E-state index in [4.69, 9.17) is 5.73 Å². The maximum Gasteiger partial charge on any atom is 0.315 e. The van der Waals surface area contributed by atoms with Crippen LogP contribution >= 0.6 is 0 Å². The monoisotopic (exact) mass is 275 g/mol. The molecule has 2 rings (SSSR count). The largest absolute Gasteiger partial charge is 0.338 e. The van der Waals surface area contributed by atoms with E-state index in [2.05, 4.69) is 10.6 Å². The fourth-order valence-corrected chi connectivity index (χ4v) is 2.69. The summed E-state index contributed by atoms with van der Waals surface area (Å²) < 4.78 is 0. The third-order valence-corrected chi connectivity index (χ3v) is 3.91. The van der Waals surface area contributed by atoms with E-state index in [1.807, 2.05) is 30.3 Å². The lowest BCUT2D eigenvalue weighted by Crippen LogP contribution is -2.43. The van der Waals surface area contributed by atoms with E-state index in [0.717, 1.165) is 24.8 Å². The van der Waals surface area contributed by atoms with E-state index in [1.54, 1.807) is 0 Å². The first-order valence-electron chi connectivity index (χ1n) is 7.60. The molecule has 1 fully saturated rings. The molecule has 4 N–H and O–H groups in total. The zero-order valence-corrected chi connectivity index (χ0v) is 12.0. The number of nitrogens with two attached hydrogens (primary N) is 1. The summed E-state index contributed by atoms with van der Waals surface area (Å²) in [6.45, 7) is 0.606. The fourth-order valence-electron chi connectivity index (χ4n) is 2.69. The average molecular weight is 275 g/mol. The molecule has 0 heterocycles. The van der Waals surface area contributed by atoms with Crippen molar-refractivity contribution in [3.05, 3.63) is 35.9 Å². The van der Waals surface area contributed by atoms with Crippen molar-refractivity contribution < 1.29 is 4.79 Å². The van der Waals surface area contributed by atoms with Gasteiger partial charge < -0.3 is 16.4 Å². The van der Waals surface area contributed by atoms with Gasteiger partial charge in [-0.2, -0.15) is 0 Å². The van der Waals surface area contributed by atoms with Crippen LogP contribution in [0.15, 0.2) is 30.3 Å². The number of carbonyl (C=O) groups is 1. The van der Waals surface area contributed by atoms with Crippen molar-refractivity contribution in [1.29, 1.82) is 0 Å². The molecule has 20 heavy (non-hydrogen) atoms. The van der Waals surface area contributed by atoms with E-state index in [9.17, 15) is 4.79 Å². The summed E-state index contributed by atoms with van der Waals surface area (Å²) in [5, 5.41) is 5.94. The van der Waals surface area contributed by atoms with Crippen molar-refractivity contribution in [3.8, 4) is 0 Å². The van der Waals surface area contributed by atoms with Gasteiger partial charge in [0.05, 0.1) is 0 Å². The first-order valence-corrected chi connectivity index (χ1v) is 7.60. The molecule has 1 aliphatic carbocycles. The number of urea groups is 1. The van der Waals surface area contributed by atoms with Crippen LogP contribution in [0.2, 0.25) is 0 Å². The van der Waals surface area contributed by atoms with Gasteiger partial charge >= 0.3 is 6.03 Å². The molecule has 0 saturated heterocycles. The molecule has 1 aromatic carbocycles. The molecule has 2 amide bonds. The molecule has 1 aliphatic rings. The van der Waals surface area contributed by atoms with E-state index in [0.29, 0.717) is 12.6 Å². The molecule has 4 heteroatoms. The van der Waals surface area contributed by atoms with Gasteiger partial charge in [0.2, 0.25) is 0 Å². The molecular formula is C16H25N3O. The highest BCUT2D eigenvalue weighted by molar-refractivity contribution is 5.74. The quantitative estimate of drug-likeness (QED) is 0.773. The topological polar surface area (TPSA) is 67.1 Å². The Morgan fingerprint density at radius 3 is 2.60 bits per heavy atom. The van der Waals surface area contributed by atoms with Crippen LogP contribution in [0.5, 0.6) is 0 Å². The number of benzene rings is 1. The van der Waals surface area contributed by atoms with Gasteiger partial charge in [0, 0.05) is 18.6 Å². The second-order valence-corrected chi connectivity index (χ2v) is 5.54. The van der Waals surface area contributed by atoms with E-state index in [1.165, 1.54) is 19.3 Å². The number of hydrogen-bond donors (Lipinski definition) is 3. The SMILES string of the molecule is NC(CCNC(=O)NC1CCCCC1)c1ccccc1. The molecule has 0 bridgehead atoms. The normalized spacial score (nSPS) is 17.4. The fraction of sp³-hybridized carbons (Fsp3) is 0.562. The summed E-state index contributed by atoms with van der Waals surface area (Å²) in [7, 11) is 0. The molecule has 0 radical (unpaired) electrons. The second kappa shape index (κ2) is 7.90. The van der Waals surface area contributed by atoms with Gasteiger partial charge in [-0.25, -0.2) is 4.79 Å². The van der Waals surface area contributed by atoms with E-state index >= 15 is 0 Å². The molecular weight excluding hydrogens is 250 g/mol. The molecule has 1 aromatic rings. The van der Waals surface area contributed by atoms with Crippen molar-refractivity contribution in [2.45, 2.75) is 50.6 Å². The lowest BCUT2D eigenvalue weighted by molar-refractivity contribution is 0.232. The van der Waals surface area contributed by atoms with Crippen LogP contribution in [0.1, 0.15) is 50.1 Å². The molecule has 0 spiro atoms. The van der Waals surface area contributed by atoms with Crippen molar-refractivity contribution in [3.63, 3.8) is 0 Å². The molecule has 4 nitrogen and oxygen atoms in total. The number of carbonyl (C=O) groups excluding carboxylic acids is 1. The van der Waals surface area contributed by atoms with Crippen LogP contribution in [0.25, 0.3) is 0 Å². The number of hydrogen-bond acceptors (Lipinski definition) is 2. The van der Waals surface area contributed by atoms with Crippen LogP contribution < -0.4 is 16.4 Å². The van der Waals surface area contributed by atoms with Crippen molar-refractivity contribution in [1.82, 2.24) is 10.6 Å². The minimum absolute atomic E-state index is 0.0221. The Morgan fingerprint density at radius 1 is 1.20 bits per heavy atom. The standard InChI is InChI=1S/C16H25N3O/c17-15(13-7-3-1-4-8-13)11-12-18-16(20)19-14-9-5-2-6-10-14/h1,3-4,7-8,14-15H,2,5-6,9-12,17H2,(H2,18,19,20). The van der Waals surface area contributed by atoms with Crippen LogP contribution in [-0.4, -0.2) is 18.6 Å². The third kappa shape index (κ3) is 4.85. The average Bonchev–Trinajstić information content (AvgIpc) is 2.49. The Bertz CT molecular complexity index is 401. The number of rotatable bonds is 5. The highest BCUT2D eigenvalue weighted by Crippen LogP contribution is 2.17. The first-order chi connectivity index (χ1) is 9.75. The molecule has 110 valence electrons.